The molecule has 3 rings (SSSR count). The van der Waals surface area contributed by atoms with Gasteiger partial charge in [-0.2, -0.15) is 0 Å². The molecule has 0 unspecified atom stereocenters. The summed E-state index contributed by atoms with van der Waals surface area (Å²) >= 11 is 1.49. The number of carbonyl (C=O) groups is 2. The van der Waals surface area contributed by atoms with Gasteiger partial charge in [0.25, 0.3) is 0 Å². The third kappa shape index (κ3) is 3.75. The summed E-state index contributed by atoms with van der Waals surface area (Å²) in [5.74, 6) is -0.227. The lowest BCUT2D eigenvalue weighted by Gasteiger charge is -2.25. The summed E-state index contributed by atoms with van der Waals surface area (Å²) in [6, 6.07) is 12.3. The van der Waals surface area contributed by atoms with E-state index in [9.17, 15) is 14.0 Å². The molecule has 0 aromatic heterocycles. The van der Waals surface area contributed by atoms with Crippen LogP contribution in [-0.2, 0) is 9.59 Å². The van der Waals surface area contributed by atoms with Gasteiger partial charge < -0.3 is 5.32 Å². The van der Waals surface area contributed by atoms with Gasteiger partial charge in [0, 0.05) is 17.3 Å². The van der Waals surface area contributed by atoms with Crippen molar-refractivity contribution in [3.63, 3.8) is 0 Å². The van der Waals surface area contributed by atoms with Gasteiger partial charge in [-0.15, -0.1) is 11.8 Å². The average molecular weight is 372 g/mol. The molecule has 0 bridgehead atoms. The van der Waals surface area contributed by atoms with Gasteiger partial charge in [0.2, 0.25) is 11.8 Å². The quantitative estimate of drug-likeness (QED) is 0.859. The lowest BCUT2D eigenvalue weighted by molar-refractivity contribution is -0.119. The molecule has 0 saturated carbocycles. The molecular formula is C20H21FN2O2S. The van der Waals surface area contributed by atoms with Crippen LogP contribution in [0.5, 0.6) is 0 Å². The molecule has 1 N–H and O–H groups in total. The second-order valence-electron chi connectivity index (χ2n) is 6.63. The number of hydrogen-bond acceptors (Lipinski definition) is 3. The fourth-order valence-corrected chi connectivity index (χ4v) is 3.90. The van der Waals surface area contributed by atoms with Crippen LogP contribution in [0, 0.1) is 18.7 Å². The Labute approximate surface area is 156 Å². The minimum Gasteiger partial charge on any atom is -0.326 e. The van der Waals surface area contributed by atoms with Crippen LogP contribution < -0.4 is 10.2 Å². The normalized spacial score (nSPS) is 17.0. The zero-order chi connectivity index (χ0) is 18.8. The van der Waals surface area contributed by atoms with E-state index in [4.69, 9.17) is 0 Å². The van der Waals surface area contributed by atoms with Gasteiger partial charge in [-0.25, -0.2) is 4.39 Å². The van der Waals surface area contributed by atoms with Gasteiger partial charge in [0.05, 0.1) is 5.75 Å². The first-order chi connectivity index (χ1) is 12.4. The highest BCUT2D eigenvalue weighted by Crippen LogP contribution is 2.42. The van der Waals surface area contributed by atoms with Crippen molar-refractivity contribution in [2.75, 3.05) is 16.0 Å². The minimum absolute atomic E-state index is 0.0557. The standard InChI is InChI=1S/C20H21FN2O2S/c1-12(2)19(25)22-15-6-4-5-14(9-15)20-23(18(24)11-26-20)16-8-7-13(3)17(21)10-16/h4-10,12,20H,11H2,1-3H3,(H,22,25)/t20-/m0/s1. The zero-order valence-electron chi connectivity index (χ0n) is 15.0. The van der Waals surface area contributed by atoms with Gasteiger partial charge in [-0.05, 0) is 42.3 Å². The number of aryl methyl sites for hydroxylation is 1. The van der Waals surface area contributed by atoms with E-state index < -0.39 is 0 Å². The van der Waals surface area contributed by atoms with E-state index in [0.29, 0.717) is 22.7 Å². The Morgan fingerprint density at radius 2 is 2.04 bits per heavy atom. The highest BCUT2D eigenvalue weighted by molar-refractivity contribution is 8.00. The third-order valence-corrected chi connectivity index (χ3v) is 5.48. The number of carbonyl (C=O) groups excluding carboxylic acids is 2. The molecule has 2 amide bonds. The Balaban J connectivity index is 1.91. The van der Waals surface area contributed by atoms with Crippen molar-refractivity contribution in [1.29, 1.82) is 0 Å². The first-order valence-corrected chi connectivity index (χ1v) is 9.52. The van der Waals surface area contributed by atoms with Gasteiger partial charge in [0.1, 0.15) is 11.2 Å². The number of nitrogens with one attached hydrogen (secondary N) is 1. The van der Waals surface area contributed by atoms with E-state index >= 15 is 0 Å². The number of benzene rings is 2. The summed E-state index contributed by atoms with van der Waals surface area (Å²) in [6.07, 6.45) is 0. The van der Waals surface area contributed by atoms with Crippen molar-refractivity contribution in [2.24, 2.45) is 5.92 Å². The second-order valence-corrected chi connectivity index (χ2v) is 7.70. The smallest absolute Gasteiger partial charge is 0.238 e. The average Bonchev–Trinajstić information content (AvgIpc) is 2.99. The van der Waals surface area contributed by atoms with Crippen LogP contribution >= 0.6 is 11.8 Å². The SMILES string of the molecule is Cc1ccc(N2C(=O)CS[C@H]2c2cccc(NC(=O)C(C)C)c2)cc1F. The number of halogens is 1. The van der Waals surface area contributed by atoms with Gasteiger partial charge in [0.15, 0.2) is 0 Å². The Morgan fingerprint density at radius 1 is 1.27 bits per heavy atom. The summed E-state index contributed by atoms with van der Waals surface area (Å²) < 4.78 is 14.0. The first-order valence-electron chi connectivity index (χ1n) is 8.47. The molecule has 1 fully saturated rings. The highest BCUT2D eigenvalue weighted by atomic mass is 32.2. The molecule has 1 aliphatic heterocycles. The summed E-state index contributed by atoms with van der Waals surface area (Å²) in [6.45, 7) is 5.36. The molecule has 1 aliphatic rings. The van der Waals surface area contributed by atoms with Gasteiger partial charge in [-0.1, -0.05) is 32.0 Å². The van der Waals surface area contributed by atoms with Crippen LogP contribution in [0.1, 0.15) is 30.3 Å². The van der Waals surface area contributed by atoms with Crippen LogP contribution in [-0.4, -0.2) is 17.6 Å². The maximum atomic E-state index is 14.0. The number of nitrogens with zero attached hydrogens (tertiary/aromatic N) is 1. The van der Waals surface area contributed by atoms with E-state index in [0.717, 1.165) is 5.56 Å². The molecule has 2 aromatic rings. The van der Waals surface area contributed by atoms with Crippen LogP contribution in [0.4, 0.5) is 15.8 Å². The van der Waals surface area contributed by atoms with Crippen molar-refractivity contribution < 1.29 is 14.0 Å². The number of thioether (sulfide) groups is 1. The maximum absolute atomic E-state index is 14.0. The van der Waals surface area contributed by atoms with Crippen LogP contribution in [0.3, 0.4) is 0 Å². The van der Waals surface area contributed by atoms with Gasteiger partial charge in [-0.3, -0.25) is 14.5 Å². The molecule has 1 atom stereocenters. The van der Waals surface area contributed by atoms with Crippen molar-refractivity contribution in [3.8, 4) is 0 Å². The monoisotopic (exact) mass is 372 g/mol. The molecule has 136 valence electrons. The zero-order valence-corrected chi connectivity index (χ0v) is 15.8. The van der Waals surface area contributed by atoms with E-state index in [1.54, 1.807) is 24.0 Å². The summed E-state index contributed by atoms with van der Waals surface area (Å²) in [4.78, 5) is 26.0. The molecule has 1 heterocycles. The Morgan fingerprint density at radius 3 is 2.73 bits per heavy atom. The number of anilines is 2. The van der Waals surface area contributed by atoms with Crippen molar-refractivity contribution in [1.82, 2.24) is 0 Å². The Kier molecular flexibility index (Phi) is 5.32. The molecule has 0 radical (unpaired) electrons. The highest BCUT2D eigenvalue weighted by Gasteiger charge is 2.34. The molecule has 26 heavy (non-hydrogen) atoms. The predicted octanol–water partition coefficient (Wildman–Crippen LogP) is 4.51. The number of amides is 2. The third-order valence-electron chi connectivity index (χ3n) is 4.27. The van der Waals surface area contributed by atoms with E-state index in [1.165, 1.54) is 17.8 Å². The first kappa shape index (κ1) is 18.5. The topological polar surface area (TPSA) is 49.4 Å². The second kappa shape index (κ2) is 7.50. The molecule has 0 aliphatic carbocycles. The summed E-state index contributed by atoms with van der Waals surface area (Å²) in [5, 5.41) is 2.63. The predicted molar refractivity (Wildman–Crippen MR) is 104 cm³/mol. The lowest BCUT2D eigenvalue weighted by atomic mass is 10.1. The van der Waals surface area contributed by atoms with Crippen LogP contribution in [0.2, 0.25) is 0 Å². The van der Waals surface area contributed by atoms with Gasteiger partial charge >= 0.3 is 0 Å². The largest absolute Gasteiger partial charge is 0.326 e. The van der Waals surface area contributed by atoms with Crippen LogP contribution in [0.25, 0.3) is 0 Å². The summed E-state index contributed by atoms with van der Waals surface area (Å²) in [5.41, 5.74) is 2.67. The van der Waals surface area contributed by atoms with E-state index in [-0.39, 0.29) is 28.9 Å². The molecule has 4 nitrogen and oxygen atoms in total. The van der Waals surface area contributed by atoms with E-state index in [2.05, 4.69) is 5.32 Å². The molecule has 2 aromatic carbocycles. The molecular weight excluding hydrogens is 351 g/mol. The molecule has 0 spiro atoms. The lowest BCUT2D eigenvalue weighted by Crippen LogP contribution is -2.28. The van der Waals surface area contributed by atoms with Crippen molar-refractivity contribution in [3.05, 3.63) is 59.4 Å². The molecule has 1 saturated heterocycles. The fourth-order valence-electron chi connectivity index (χ4n) is 2.74. The maximum Gasteiger partial charge on any atom is 0.238 e. The Hall–Kier alpha value is -2.34. The van der Waals surface area contributed by atoms with E-state index in [1.807, 2.05) is 38.1 Å². The summed E-state index contributed by atoms with van der Waals surface area (Å²) in [7, 11) is 0. The van der Waals surface area contributed by atoms with Crippen molar-refractivity contribution >= 4 is 35.0 Å². The Bertz CT molecular complexity index is 853. The number of rotatable bonds is 4. The van der Waals surface area contributed by atoms with Crippen molar-refractivity contribution in [2.45, 2.75) is 26.1 Å². The fraction of sp³-hybridized carbons (Fsp3) is 0.300. The molecule has 6 heteroatoms. The van der Waals surface area contributed by atoms with Crippen LogP contribution in [0.15, 0.2) is 42.5 Å². The number of hydrogen-bond donors (Lipinski definition) is 1. The minimum atomic E-state index is -0.330.